The summed E-state index contributed by atoms with van der Waals surface area (Å²) < 4.78 is 18.6. The SMILES string of the molecule is CCC(C)C(C(=O)OCC(=O)N(C)Cc1cccc(F)c1)c1ccccc1. The van der Waals surface area contributed by atoms with E-state index >= 15 is 0 Å². The largest absolute Gasteiger partial charge is 0.455 e. The van der Waals surface area contributed by atoms with Crippen molar-refractivity contribution >= 4 is 11.9 Å². The number of rotatable bonds is 8. The number of nitrogens with zero attached hydrogens (tertiary/aromatic N) is 1. The first-order valence-corrected chi connectivity index (χ1v) is 9.12. The maximum absolute atomic E-state index is 13.3. The van der Waals surface area contributed by atoms with Gasteiger partial charge in [-0.15, -0.1) is 0 Å². The van der Waals surface area contributed by atoms with Crippen molar-refractivity contribution in [3.63, 3.8) is 0 Å². The number of hydrogen-bond donors (Lipinski definition) is 0. The van der Waals surface area contributed by atoms with Gasteiger partial charge in [-0.25, -0.2) is 4.39 Å². The maximum atomic E-state index is 13.3. The summed E-state index contributed by atoms with van der Waals surface area (Å²) >= 11 is 0. The lowest BCUT2D eigenvalue weighted by atomic mass is 9.86. The van der Waals surface area contributed by atoms with Gasteiger partial charge in [0.2, 0.25) is 0 Å². The van der Waals surface area contributed by atoms with Gasteiger partial charge in [-0.05, 0) is 29.2 Å². The number of carbonyl (C=O) groups excluding carboxylic acids is 2. The third-order valence-electron chi connectivity index (χ3n) is 4.70. The molecule has 0 aliphatic rings. The van der Waals surface area contributed by atoms with Gasteiger partial charge in [0, 0.05) is 13.6 Å². The zero-order valence-corrected chi connectivity index (χ0v) is 16.0. The highest BCUT2D eigenvalue weighted by molar-refractivity contribution is 5.83. The van der Waals surface area contributed by atoms with Crippen LogP contribution in [0.4, 0.5) is 4.39 Å². The molecular formula is C22H26FNO3. The Bertz CT molecular complexity index is 763. The molecule has 0 aliphatic heterocycles. The van der Waals surface area contributed by atoms with E-state index in [9.17, 15) is 14.0 Å². The molecule has 0 spiro atoms. The van der Waals surface area contributed by atoms with Gasteiger partial charge >= 0.3 is 5.97 Å². The lowest BCUT2D eigenvalue weighted by Crippen LogP contribution is -2.32. The van der Waals surface area contributed by atoms with E-state index in [1.165, 1.54) is 17.0 Å². The molecule has 5 heteroatoms. The van der Waals surface area contributed by atoms with Crippen molar-refractivity contribution in [2.24, 2.45) is 5.92 Å². The second kappa shape index (κ2) is 9.86. The van der Waals surface area contributed by atoms with E-state index in [-0.39, 0.29) is 30.8 Å². The molecule has 0 bridgehead atoms. The van der Waals surface area contributed by atoms with Crippen LogP contribution in [0.5, 0.6) is 0 Å². The molecule has 0 aliphatic carbocycles. The van der Waals surface area contributed by atoms with Crippen molar-refractivity contribution in [3.05, 3.63) is 71.5 Å². The van der Waals surface area contributed by atoms with E-state index in [4.69, 9.17) is 4.74 Å². The molecular weight excluding hydrogens is 345 g/mol. The number of likely N-dealkylation sites (N-methyl/N-ethyl adjacent to an activating group) is 1. The molecule has 1 amide bonds. The summed E-state index contributed by atoms with van der Waals surface area (Å²) in [4.78, 5) is 26.3. The molecule has 0 saturated carbocycles. The molecule has 0 fully saturated rings. The number of esters is 1. The Morgan fingerprint density at radius 3 is 2.44 bits per heavy atom. The molecule has 144 valence electrons. The standard InChI is InChI=1S/C22H26FNO3/c1-4-16(2)21(18-10-6-5-7-11-18)22(26)27-15-20(25)24(3)14-17-9-8-12-19(23)13-17/h5-13,16,21H,4,14-15H2,1-3H3. The Labute approximate surface area is 159 Å². The molecule has 0 radical (unpaired) electrons. The van der Waals surface area contributed by atoms with Crippen LogP contribution in [-0.4, -0.2) is 30.4 Å². The van der Waals surface area contributed by atoms with Crippen LogP contribution in [0.2, 0.25) is 0 Å². The fourth-order valence-electron chi connectivity index (χ4n) is 2.92. The fraction of sp³-hybridized carbons (Fsp3) is 0.364. The normalized spacial score (nSPS) is 12.9. The summed E-state index contributed by atoms with van der Waals surface area (Å²) in [6, 6.07) is 15.5. The smallest absolute Gasteiger partial charge is 0.314 e. The first-order chi connectivity index (χ1) is 12.9. The van der Waals surface area contributed by atoms with Crippen LogP contribution >= 0.6 is 0 Å². The predicted molar refractivity (Wildman–Crippen MR) is 102 cm³/mol. The minimum atomic E-state index is -0.405. The zero-order valence-electron chi connectivity index (χ0n) is 16.0. The minimum Gasteiger partial charge on any atom is -0.455 e. The van der Waals surface area contributed by atoms with Gasteiger partial charge in [0.25, 0.3) is 5.91 Å². The van der Waals surface area contributed by atoms with Crippen LogP contribution in [0, 0.1) is 11.7 Å². The average molecular weight is 371 g/mol. The van der Waals surface area contributed by atoms with Gasteiger partial charge in [-0.1, -0.05) is 62.7 Å². The van der Waals surface area contributed by atoms with Crippen molar-refractivity contribution < 1.29 is 18.7 Å². The molecule has 0 aromatic heterocycles. The first kappa shape index (κ1) is 20.6. The summed E-state index contributed by atoms with van der Waals surface area (Å²) in [6.07, 6.45) is 0.822. The molecule has 0 saturated heterocycles. The van der Waals surface area contributed by atoms with Crippen LogP contribution in [0.1, 0.15) is 37.3 Å². The highest BCUT2D eigenvalue weighted by atomic mass is 19.1. The second-order valence-corrected chi connectivity index (χ2v) is 6.76. The minimum absolute atomic E-state index is 0.0972. The van der Waals surface area contributed by atoms with Crippen LogP contribution in [0.3, 0.4) is 0 Å². The molecule has 27 heavy (non-hydrogen) atoms. The van der Waals surface area contributed by atoms with E-state index in [0.29, 0.717) is 5.56 Å². The van der Waals surface area contributed by atoms with Crippen molar-refractivity contribution in [3.8, 4) is 0 Å². The molecule has 2 atom stereocenters. The molecule has 2 aromatic rings. The van der Waals surface area contributed by atoms with Crippen molar-refractivity contribution in [1.29, 1.82) is 0 Å². The van der Waals surface area contributed by atoms with Gasteiger partial charge < -0.3 is 9.64 Å². The fourth-order valence-corrected chi connectivity index (χ4v) is 2.92. The second-order valence-electron chi connectivity index (χ2n) is 6.76. The summed E-state index contributed by atoms with van der Waals surface area (Å²) in [5.41, 5.74) is 1.57. The highest BCUT2D eigenvalue weighted by Gasteiger charge is 2.28. The van der Waals surface area contributed by atoms with E-state index in [1.807, 2.05) is 44.2 Å². The van der Waals surface area contributed by atoms with Crippen LogP contribution in [-0.2, 0) is 20.9 Å². The summed E-state index contributed by atoms with van der Waals surface area (Å²) in [5.74, 6) is -1.39. The number of ether oxygens (including phenoxy) is 1. The third-order valence-corrected chi connectivity index (χ3v) is 4.70. The van der Waals surface area contributed by atoms with E-state index in [2.05, 4.69) is 0 Å². The Balaban J connectivity index is 1.96. The monoisotopic (exact) mass is 371 g/mol. The average Bonchev–Trinajstić information content (AvgIpc) is 2.66. The van der Waals surface area contributed by atoms with E-state index in [1.54, 1.807) is 19.2 Å². The quantitative estimate of drug-likeness (QED) is 0.655. The Hall–Kier alpha value is -2.69. The third kappa shape index (κ3) is 5.91. The van der Waals surface area contributed by atoms with Crippen molar-refractivity contribution in [2.75, 3.05) is 13.7 Å². The number of amides is 1. The molecule has 0 heterocycles. The van der Waals surface area contributed by atoms with Gasteiger partial charge in [0.15, 0.2) is 6.61 Å². The van der Waals surface area contributed by atoms with Gasteiger partial charge in [-0.2, -0.15) is 0 Å². The lowest BCUT2D eigenvalue weighted by molar-refractivity contribution is -0.154. The molecule has 4 nitrogen and oxygen atoms in total. The topological polar surface area (TPSA) is 46.6 Å². The Morgan fingerprint density at radius 1 is 1.11 bits per heavy atom. The summed E-state index contributed by atoms with van der Waals surface area (Å²) in [6.45, 7) is 3.94. The molecule has 0 N–H and O–H groups in total. The predicted octanol–water partition coefficient (Wildman–Crippen LogP) is 4.16. The lowest BCUT2D eigenvalue weighted by Gasteiger charge is -2.23. The molecule has 2 unspecified atom stereocenters. The number of hydrogen-bond acceptors (Lipinski definition) is 3. The number of halogens is 1. The van der Waals surface area contributed by atoms with Crippen molar-refractivity contribution in [2.45, 2.75) is 32.7 Å². The molecule has 2 aromatic carbocycles. The number of benzene rings is 2. The molecule has 2 rings (SSSR count). The summed E-state index contributed by atoms with van der Waals surface area (Å²) in [5, 5.41) is 0. The summed E-state index contributed by atoms with van der Waals surface area (Å²) in [7, 11) is 1.60. The number of carbonyl (C=O) groups is 2. The maximum Gasteiger partial charge on any atom is 0.314 e. The van der Waals surface area contributed by atoms with Crippen LogP contribution in [0.25, 0.3) is 0 Å². The Morgan fingerprint density at radius 2 is 1.81 bits per heavy atom. The van der Waals surface area contributed by atoms with E-state index < -0.39 is 11.9 Å². The first-order valence-electron chi connectivity index (χ1n) is 9.12. The van der Waals surface area contributed by atoms with Gasteiger partial charge in [0.1, 0.15) is 5.82 Å². The van der Waals surface area contributed by atoms with Gasteiger partial charge in [-0.3, -0.25) is 9.59 Å². The van der Waals surface area contributed by atoms with Crippen molar-refractivity contribution in [1.82, 2.24) is 4.90 Å². The van der Waals surface area contributed by atoms with E-state index in [0.717, 1.165) is 12.0 Å². The zero-order chi connectivity index (χ0) is 19.8. The van der Waals surface area contributed by atoms with Crippen LogP contribution < -0.4 is 0 Å². The van der Waals surface area contributed by atoms with Gasteiger partial charge in [0.05, 0.1) is 5.92 Å². The highest BCUT2D eigenvalue weighted by Crippen LogP contribution is 2.28. The van der Waals surface area contributed by atoms with Crippen LogP contribution in [0.15, 0.2) is 54.6 Å². The Kier molecular flexibility index (Phi) is 7.53.